The summed E-state index contributed by atoms with van der Waals surface area (Å²) in [4.78, 5) is 37.8. The van der Waals surface area contributed by atoms with Crippen molar-refractivity contribution in [2.24, 2.45) is 0 Å². The minimum Gasteiger partial charge on any atom is -0.462 e. The molecule has 326 valence electrons. The highest BCUT2D eigenvalue weighted by Crippen LogP contribution is 2.15. The van der Waals surface area contributed by atoms with Crippen LogP contribution in [0, 0.1) is 0 Å². The third-order valence-corrected chi connectivity index (χ3v) is 10.4. The number of carbonyl (C=O) groups excluding carboxylic acids is 3. The molecule has 0 saturated heterocycles. The van der Waals surface area contributed by atoms with E-state index in [1.165, 1.54) is 122 Å². The molecule has 6 heteroatoms. The van der Waals surface area contributed by atoms with Crippen molar-refractivity contribution in [1.82, 2.24) is 0 Å². The molecule has 0 aliphatic carbocycles. The lowest BCUT2D eigenvalue weighted by molar-refractivity contribution is -0.167. The predicted molar refractivity (Wildman–Crippen MR) is 238 cm³/mol. The van der Waals surface area contributed by atoms with Crippen molar-refractivity contribution in [1.29, 1.82) is 0 Å². The minimum atomic E-state index is -0.777. The van der Waals surface area contributed by atoms with Crippen molar-refractivity contribution in [2.75, 3.05) is 13.2 Å². The summed E-state index contributed by atoms with van der Waals surface area (Å²) >= 11 is 0. The molecule has 0 aromatic carbocycles. The molecule has 0 spiro atoms. The number of esters is 3. The highest BCUT2D eigenvalue weighted by atomic mass is 16.6. The summed E-state index contributed by atoms with van der Waals surface area (Å²) in [6.07, 6.45) is 51.2. The Morgan fingerprint density at radius 3 is 1.09 bits per heavy atom. The standard InChI is InChI=1S/C50H90O6/c1-4-7-10-13-16-19-22-25-28-31-34-37-40-43-49(52)55-46-47(45-54-48(51)42-39-36-33-30-27-24-21-18-15-12-9-6-3)56-50(53)44-41-38-35-32-29-26-23-20-17-14-11-8-5-2/h7,10,16,19,25,28,47H,4-6,8-9,11-15,17-18,20-24,26-27,29-46H2,1-3H3/b10-7-,19-16-,28-25-. The van der Waals surface area contributed by atoms with Crippen molar-refractivity contribution in [3.05, 3.63) is 36.5 Å². The first kappa shape index (κ1) is 53.6. The summed E-state index contributed by atoms with van der Waals surface area (Å²) in [5.41, 5.74) is 0. The molecule has 0 radical (unpaired) electrons. The lowest BCUT2D eigenvalue weighted by Gasteiger charge is -2.18. The first-order valence-corrected chi connectivity index (χ1v) is 24.0. The molecule has 0 rings (SSSR count). The molecule has 0 fully saturated rings. The Bertz CT molecular complexity index is 953. The van der Waals surface area contributed by atoms with Gasteiger partial charge in [0.2, 0.25) is 0 Å². The summed E-state index contributed by atoms with van der Waals surface area (Å²) < 4.78 is 16.7. The van der Waals surface area contributed by atoms with Crippen molar-refractivity contribution in [3.63, 3.8) is 0 Å². The molecule has 0 bridgehead atoms. The summed E-state index contributed by atoms with van der Waals surface area (Å²) in [5, 5.41) is 0. The quantitative estimate of drug-likeness (QED) is 0.0265. The Kier molecular flexibility index (Phi) is 43.4. The highest BCUT2D eigenvalue weighted by Gasteiger charge is 2.19. The van der Waals surface area contributed by atoms with Crippen LogP contribution in [0.3, 0.4) is 0 Å². The van der Waals surface area contributed by atoms with Crippen molar-refractivity contribution >= 4 is 17.9 Å². The Labute approximate surface area is 346 Å². The fourth-order valence-corrected chi connectivity index (χ4v) is 6.81. The molecule has 56 heavy (non-hydrogen) atoms. The highest BCUT2D eigenvalue weighted by molar-refractivity contribution is 5.71. The average molecular weight is 787 g/mol. The first-order chi connectivity index (χ1) is 27.5. The third-order valence-electron chi connectivity index (χ3n) is 10.4. The van der Waals surface area contributed by atoms with E-state index >= 15 is 0 Å². The second-order valence-electron chi connectivity index (χ2n) is 16.0. The van der Waals surface area contributed by atoms with Gasteiger partial charge in [-0.15, -0.1) is 0 Å². The zero-order valence-corrected chi connectivity index (χ0v) is 37.2. The monoisotopic (exact) mass is 787 g/mol. The number of carbonyl (C=O) groups is 3. The molecular weight excluding hydrogens is 697 g/mol. The van der Waals surface area contributed by atoms with E-state index in [9.17, 15) is 14.4 Å². The number of hydrogen-bond acceptors (Lipinski definition) is 6. The van der Waals surface area contributed by atoms with Gasteiger partial charge in [0.1, 0.15) is 13.2 Å². The molecule has 0 aliphatic heterocycles. The number of ether oxygens (including phenoxy) is 3. The van der Waals surface area contributed by atoms with Crippen LogP contribution in [-0.2, 0) is 28.6 Å². The number of unbranched alkanes of at least 4 members (excludes halogenated alkanes) is 26. The molecule has 0 amide bonds. The normalized spacial score (nSPS) is 12.3. The van der Waals surface area contributed by atoms with E-state index in [0.717, 1.165) is 83.5 Å². The van der Waals surface area contributed by atoms with Crippen LogP contribution in [0.15, 0.2) is 36.5 Å². The number of hydrogen-bond donors (Lipinski definition) is 0. The lowest BCUT2D eigenvalue weighted by Crippen LogP contribution is -2.30. The molecule has 0 aromatic rings. The SMILES string of the molecule is CC/C=C\C/C=C\C/C=C\CCCCCC(=O)OCC(COC(=O)CCCCCCCCCCCCCC)OC(=O)CCCCCCCCCCCCCCC. The minimum absolute atomic E-state index is 0.0777. The Balaban J connectivity index is 4.39. The predicted octanol–water partition coefficient (Wildman–Crippen LogP) is 15.4. The van der Waals surface area contributed by atoms with Crippen LogP contribution in [0.2, 0.25) is 0 Å². The zero-order valence-electron chi connectivity index (χ0n) is 37.2. The van der Waals surface area contributed by atoms with Crippen molar-refractivity contribution in [3.8, 4) is 0 Å². The second-order valence-corrected chi connectivity index (χ2v) is 16.0. The van der Waals surface area contributed by atoms with Gasteiger partial charge in [0.05, 0.1) is 0 Å². The second kappa shape index (κ2) is 45.3. The topological polar surface area (TPSA) is 78.9 Å². The van der Waals surface area contributed by atoms with Gasteiger partial charge in [0, 0.05) is 19.3 Å². The summed E-state index contributed by atoms with van der Waals surface area (Å²) in [6.45, 7) is 6.50. The Hall–Kier alpha value is -2.37. The van der Waals surface area contributed by atoms with Gasteiger partial charge in [0.15, 0.2) is 6.10 Å². The van der Waals surface area contributed by atoms with Crippen LogP contribution in [0.25, 0.3) is 0 Å². The largest absolute Gasteiger partial charge is 0.462 e. The van der Waals surface area contributed by atoms with Gasteiger partial charge in [-0.2, -0.15) is 0 Å². The third kappa shape index (κ3) is 42.8. The van der Waals surface area contributed by atoms with E-state index in [4.69, 9.17) is 14.2 Å². The van der Waals surface area contributed by atoms with Crippen molar-refractivity contribution in [2.45, 2.75) is 252 Å². The fourth-order valence-electron chi connectivity index (χ4n) is 6.81. The van der Waals surface area contributed by atoms with Crippen LogP contribution in [0.5, 0.6) is 0 Å². The smallest absolute Gasteiger partial charge is 0.306 e. The lowest BCUT2D eigenvalue weighted by atomic mass is 10.0. The average Bonchev–Trinajstić information content (AvgIpc) is 3.19. The number of rotatable bonds is 43. The van der Waals surface area contributed by atoms with Crippen LogP contribution in [-0.4, -0.2) is 37.2 Å². The molecule has 6 nitrogen and oxygen atoms in total. The maximum Gasteiger partial charge on any atom is 0.306 e. The van der Waals surface area contributed by atoms with Gasteiger partial charge in [-0.3, -0.25) is 14.4 Å². The van der Waals surface area contributed by atoms with E-state index in [1.807, 2.05) is 0 Å². The Morgan fingerprint density at radius 1 is 0.375 bits per heavy atom. The first-order valence-electron chi connectivity index (χ1n) is 24.0. The van der Waals surface area contributed by atoms with E-state index in [1.54, 1.807) is 0 Å². The summed E-state index contributed by atoms with van der Waals surface area (Å²) in [7, 11) is 0. The molecule has 0 aliphatic rings. The van der Waals surface area contributed by atoms with Gasteiger partial charge < -0.3 is 14.2 Å². The maximum atomic E-state index is 12.7. The molecule has 0 N–H and O–H groups in total. The molecule has 0 saturated carbocycles. The zero-order chi connectivity index (χ0) is 40.8. The van der Waals surface area contributed by atoms with Crippen LogP contribution >= 0.6 is 0 Å². The summed E-state index contributed by atoms with van der Waals surface area (Å²) in [6, 6.07) is 0. The van der Waals surface area contributed by atoms with Gasteiger partial charge in [-0.1, -0.05) is 211 Å². The fraction of sp³-hybridized carbons (Fsp3) is 0.820. The molecular formula is C50H90O6. The van der Waals surface area contributed by atoms with E-state index in [0.29, 0.717) is 19.3 Å². The molecule has 0 heterocycles. The van der Waals surface area contributed by atoms with Crippen molar-refractivity contribution < 1.29 is 28.6 Å². The maximum absolute atomic E-state index is 12.7. The van der Waals surface area contributed by atoms with Gasteiger partial charge in [0.25, 0.3) is 0 Å². The molecule has 1 unspecified atom stereocenters. The van der Waals surface area contributed by atoms with Crippen LogP contribution in [0.1, 0.15) is 245 Å². The van der Waals surface area contributed by atoms with Gasteiger partial charge in [-0.05, 0) is 51.4 Å². The van der Waals surface area contributed by atoms with Crippen LogP contribution < -0.4 is 0 Å². The van der Waals surface area contributed by atoms with E-state index < -0.39 is 6.10 Å². The van der Waals surface area contributed by atoms with E-state index in [2.05, 4.69) is 57.2 Å². The van der Waals surface area contributed by atoms with Gasteiger partial charge >= 0.3 is 17.9 Å². The summed E-state index contributed by atoms with van der Waals surface area (Å²) in [5.74, 6) is -0.902. The Morgan fingerprint density at radius 2 is 0.696 bits per heavy atom. The van der Waals surface area contributed by atoms with Crippen LogP contribution in [0.4, 0.5) is 0 Å². The van der Waals surface area contributed by atoms with Gasteiger partial charge in [-0.25, -0.2) is 0 Å². The number of allylic oxidation sites excluding steroid dienone is 6. The van der Waals surface area contributed by atoms with E-state index in [-0.39, 0.29) is 31.1 Å². The molecule has 1 atom stereocenters. The molecule has 0 aromatic heterocycles.